The van der Waals surface area contributed by atoms with Crippen molar-refractivity contribution in [3.05, 3.63) is 52.6 Å². The molecule has 1 aromatic rings. The first-order valence-electron chi connectivity index (χ1n) is 6.66. The van der Waals surface area contributed by atoms with Gasteiger partial charge in [-0.15, -0.1) is 0 Å². The number of allylic oxidation sites excluding steroid dienone is 3. The molecule has 0 saturated carbocycles. The van der Waals surface area contributed by atoms with E-state index < -0.39 is 11.9 Å². The highest BCUT2D eigenvalue weighted by Crippen LogP contribution is 2.22. The molecule has 112 valence electrons. The molecule has 1 N–H and O–H groups in total. The molecule has 21 heavy (non-hydrogen) atoms. The second-order valence-electron chi connectivity index (χ2n) is 5.26. The Morgan fingerprint density at radius 2 is 1.81 bits per heavy atom. The van der Waals surface area contributed by atoms with E-state index in [-0.39, 0.29) is 5.56 Å². The lowest BCUT2D eigenvalue weighted by atomic mass is 10.1. The van der Waals surface area contributed by atoms with Crippen molar-refractivity contribution in [2.75, 3.05) is 0 Å². The Morgan fingerprint density at radius 1 is 1.14 bits per heavy atom. The molecule has 1 aromatic carbocycles. The Kier molecular flexibility index (Phi) is 5.91. The highest BCUT2D eigenvalue weighted by molar-refractivity contribution is 5.89. The lowest BCUT2D eigenvalue weighted by molar-refractivity contribution is -0.129. The molecule has 0 amide bonds. The van der Waals surface area contributed by atoms with Gasteiger partial charge in [0.1, 0.15) is 5.75 Å². The van der Waals surface area contributed by atoms with E-state index in [0.717, 1.165) is 11.1 Å². The monoisotopic (exact) mass is 288 g/mol. The topological polar surface area (TPSA) is 63.6 Å². The molecular weight excluding hydrogens is 268 g/mol. The molecule has 4 heteroatoms. The smallest absolute Gasteiger partial charge is 0.336 e. The van der Waals surface area contributed by atoms with Gasteiger partial charge in [0.15, 0.2) is 0 Å². The average molecular weight is 288 g/mol. The maximum Gasteiger partial charge on any atom is 0.336 e. The van der Waals surface area contributed by atoms with Gasteiger partial charge in [-0.05, 0) is 57.9 Å². The number of carbonyl (C=O) groups excluding carboxylic acids is 1. The van der Waals surface area contributed by atoms with Crippen LogP contribution < -0.4 is 4.74 Å². The number of hydrogen-bond donors (Lipinski definition) is 1. The molecule has 0 aliphatic heterocycles. The molecule has 0 saturated heterocycles. The van der Waals surface area contributed by atoms with E-state index in [2.05, 4.69) is 0 Å². The zero-order valence-electron chi connectivity index (χ0n) is 12.8. The minimum absolute atomic E-state index is 0.175. The SMILES string of the molecule is CC(C)=CCc1cc(C(=O)O)ccc1OC(=O)C=C(C)C. The predicted molar refractivity (Wildman–Crippen MR) is 81.6 cm³/mol. The number of carbonyl (C=O) groups is 2. The van der Waals surface area contributed by atoms with Crippen molar-refractivity contribution in [3.8, 4) is 5.75 Å². The van der Waals surface area contributed by atoms with Crippen LogP contribution in [0.25, 0.3) is 0 Å². The molecule has 0 radical (unpaired) electrons. The number of benzene rings is 1. The largest absolute Gasteiger partial charge is 0.478 e. The van der Waals surface area contributed by atoms with Crippen molar-refractivity contribution in [3.63, 3.8) is 0 Å². The van der Waals surface area contributed by atoms with Crippen LogP contribution in [0.5, 0.6) is 5.75 Å². The number of carboxylic acids is 1. The van der Waals surface area contributed by atoms with Crippen LogP contribution in [-0.4, -0.2) is 17.0 Å². The van der Waals surface area contributed by atoms with Gasteiger partial charge in [-0.25, -0.2) is 9.59 Å². The van der Waals surface area contributed by atoms with Crippen molar-refractivity contribution in [2.45, 2.75) is 34.1 Å². The molecule has 0 atom stereocenters. The summed E-state index contributed by atoms with van der Waals surface area (Å²) in [5, 5.41) is 9.05. The van der Waals surface area contributed by atoms with Crippen molar-refractivity contribution >= 4 is 11.9 Å². The molecule has 0 unspecified atom stereocenters. The van der Waals surface area contributed by atoms with Gasteiger partial charge in [0.25, 0.3) is 0 Å². The summed E-state index contributed by atoms with van der Waals surface area (Å²) in [5.41, 5.74) is 2.80. The first-order valence-corrected chi connectivity index (χ1v) is 6.66. The lowest BCUT2D eigenvalue weighted by Crippen LogP contribution is -2.07. The van der Waals surface area contributed by atoms with E-state index in [1.165, 1.54) is 24.3 Å². The van der Waals surface area contributed by atoms with E-state index in [4.69, 9.17) is 9.84 Å². The summed E-state index contributed by atoms with van der Waals surface area (Å²) in [7, 11) is 0. The van der Waals surface area contributed by atoms with Gasteiger partial charge in [-0.2, -0.15) is 0 Å². The number of esters is 1. The zero-order chi connectivity index (χ0) is 16.0. The van der Waals surface area contributed by atoms with Gasteiger partial charge < -0.3 is 9.84 Å². The minimum atomic E-state index is -1.00. The maximum atomic E-state index is 11.7. The van der Waals surface area contributed by atoms with Crippen molar-refractivity contribution in [1.82, 2.24) is 0 Å². The third kappa shape index (κ3) is 5.65. The molecular formula is C17H20O4. The molecule has 0 fully saturated rings. The molecule has 0 aliphatic carbocycles. The molecule has 4 nitrogen and oxygen atoms in total. The van der Waals surface area contributed by atoms with Crippen LogP contribution in [0.15, 0.2) is 41.5 Å². The zero-order valence-corrected chi connectivity index (χ0v) is 12.8. The van der Waals surface area contributed by atoms with E-state index in [1.807, 2.05) is 19.9 Å². The molecule has 0 heterocycles. The van der Waals surface area contributed by atoms with E-state index >= 15 is 0 Å². The van der Waals surface area contributed by atoms with Crippen LogP contribution in [-0.2, 0) is 11.2 Å². The van der Waals surface area contributed by atoms with Crippen molar-refractivity contribution in [2.24, 2.45) is 0 Å². The fourth-order valence-electron chi connectivity index (χ4n) is 1.66. The summed E-state index contributed by atoms with van der Waals surface area (Å²) in [6, 6.07) is 4.49. The molecule has 0 aliphatic rings. The van der Waals surface area contributed by atoms with Crippen molar-refractivity contribution in [1.29, 1.82) is 0 Å². The summed E-state index contributed by atoms with van der Waals surface area (Å²) in [6.07, 6.45) is 3.87. The van der Waals surface area contributed by atoms with Gasteiger partial charge in [0.05, 0.1) is 5.56 Å². The van der Waals surface area contributed by atoms with Gasteiger partial charge in [-0.3, -0.25) is 0 Å². The maximum absolute atomic E-state index is 11.7. The van der Waals surface area contributed by atoms with Crippen LogP contribution in [0.2, 0.25) is 0 Å². The highest BCUT2D eigenvalue weighted by atomic mass is 16.5. The van der Waals surface area contributed by atoms with Crippen LogP contribution in [0.4, 0.5) is 0 Å². The average Bonchev–Trinajstić information content (AvgIpc) is 2.36. The summed E-state index contributed by atoms with van der Waals surface area (Å²) in [5.74, 6) is -1.08. The normalized spacial score (nSPS) is 9.71. The third-order valence-electron chi connectivity index (χ3n) is 2.65. The second kappa shape index (κ2) is 7.43. The third-order valence-corrected chi connectivity index (χ3v) is 2.65. The summed E-state index contributed by atoms with van der Waals surface area (Å²) in [6.45, 7) is 7.52. The quantitative estimate of drug-likeness (QED) is 0.388. The van der Waals surface area contributed by atoms with E-state index in [0.29, 0.717) is 17.7 Å². The first-order chi connectivity index (χ1) is 9.79. The number of ether oxygens (including phenoxy) is 1. The number of rotatable bonds is 5. The first kappa shape index (κ1) is 16.7. The van der Waals surface area contributed by atoms with Gasteiger partial charge in [0.2, 0.25) is 0 Å². The van der Waals surface area contributed by atoms with E-state index in [1.54, 1.807) is 13.8 Å². The minimum Gasteiger partial charge on any atom is -0.478 e. The Bertz CT molecular complexity index is 601. The predicted octanol–water partition coefficient (Wildman–Crippen LogP) is 3.77. The summed E-state index contributed by atoms with van der Waals surface area (Å²) < 4.78 is 5.29. The Morgan fingerprint density at radius 3 is 2.33 bits per heavy atom. The Labute approximate surface area is 124 Å². The molecule has 1 rings (SSSR count). The number of aromatic carboxylic acids is 1. The molecule has 0 bridgehead atoms. The Hall–Kier alpha value is -2.36. The van der Waals surface area contributed by atoms with Gasteiger partial charge >= 0.3 is 11.9 Å². The van der Waals surface area contributed by atoms with E-state index in [9.17, 15) is 9.59 Å². The van der Waals surface area contributed by atoms with Gasteiger partial charge in [0, 0.05) is 6.08 Å². The standard InChI is InChI=1S/C17H20O4/c1-11(2)5-6-13-10-14(17(19)20)7-8-15(13)21-16(18)9-12(3)4/h5,7-10H,6H2,1-4H3,(H,19,20). The lowest BCUT2D eigenvalue weighted by Gasteiger charge is -2.09. The molecule has 0 aromatic heterocycles. The van der Waals surface area contributed by atoms with Crippen LogP contribution >= 0.6 is 0 Å². The fourth-order valence-corrected chi connectivity index (χ4v) is 1.66. The fraction of sp³-hybridized carbons (Fsp3) is 0.294. The van der Waals surface area contributed by atoms with Crippen LogP contribution in [0.3, 0.4) is 0 Å². The second-order valence-corrected chi connectivity index (χ2v) is 5.26. The van der Waals surface area contributed by atoms with Crippen LogP contribution in [0, 0.1) is 0 Å². The summed E-state index contributed by atoms with van der Waals surface area (Å²) in [4.78, 5) is 22.7. The van der Waals surface area contributed by atoms with Crippen LogP contribution in [0.1, 0.15) is 43.6 Å². The van der Waals surface area contributed by atoms with Crippen molar-refractivity contribution < 1.29 is 19.4 Å². The highest BCUT2D eigenvalue weighted by Gasteiger charge is 2.11. The summed E-state index contributed by atoms with van der Waals surface area (Å²) >= 11 is 0. The number of hydrogen-bond acceptors (Lipinski definition) is 3. The van der Waals surface area contributed by atoms with Gasteiger partial charge in [-0.1, -0.05) is 17.2 Å². The Balaban J connectivity index is 3.11. The number of carboxylic acid groups (broad SMARTS) is 1. The molecule has 0 spiro atoms.